The molecule has 1 atom stereocenters. The van der Waals surface area contributed by atoms with E-state index in [0.29, 0.717) is 54.1 Å². The first-order valence-corrected chi connectivity index (χ1v) is 11.5. The minimum Gasteiger partial charge on any atom is -0.481 e. The topological polar surface area (TPSA) is 114 Å². The Labute approximate surface area is 203 Å². The van der Waals surface area contributed by atoms with Crippen LogP contribution in [0.15, 0.2) is 59.8 Å². The van der Waals surface area contributed by atoms with Crippen LogP contribution in [0.4, 0.5) is 4.79 Å². The van der Waals surface area contributed by atoms with E-state index in [0.717, 1.165) is 5.56 Å². The maximum absolute atomic E-state index is 13.3. The Kier molecular flexibility index (Phi) is 7.54. The Morgan fingerprint density at radius 2 is 1.86 bits per heavy atom. The third kappa shape index (κ3) is 5.74. The standard InChI is InChI=1S/C26H28N2O7/c1-17-23(25(31)33-15-18-8-4-2-5-9-18)24(19-11-12-20-21(14-19)35-16-34-20)27-26(32)28(17)13-7-3-6-10-22(29)30/h2,4-5,8-9,11-12,14,24H,3,6-7,10,13,15-16H2,1H3,(H,27,32)(H,29,30). The summed E-state index contributed by atoms with van der Waals surface area (Å²) in [6, 6.07) is 13.6. The molecule has 0 bridgehead atoms. The zero-order valence-corrected chi connectivity index (χ0v) is 19.5. The number of hydrogen-bond donors (Lipinski definition) is 2. The second-order valence-corrected chi connectivity index (χ2v) is 8.41. The van der Waals surface area contributed by atoms with Gasteiger partial charge in [0.2, 0.25) is 6.79 Å². The van der Waals surface area contributed by atoms with E-state index in [9.17, 15) is 14.4 Å². The predicted molar refractivity (Wildman–Crippen MR) is 126 cm³/mol. The molecule has 0 aromatic heterocycles. The van der Waals surface area contributed by atoms with E-state index < -0.39 is 18.0 Å². The summed E-state index contributed by atoms with van der Waals surface area (Å²) in [4.78, 5) is 38.6. The van der Waals surface area contributed by atoms with Gasteiger partial charge in [0.1, 0.15) is 6.61 Å². The second kappa shape index (κ2) is 10.9. The molecule has 2 aliphatic heterocycles. The molecule has 2 aliphatic rings. The van der Waals surface area contributed by atoms with Gasteiger partial charge in [0.05, 0.1) is 11.6 Å². The van der Waals surface area contributed by atoms with Gasteiger partial charge in [-0.05, 0) is 43.0 Å². The number of rotatable bonds is 10. The van der Waals surface area contributed by atoms with Gasteiger partial charge in [0, 0.05) is 18.7 Å². The highest BCUT2D eigenvalue weighted by molar-refractivity contribution is 5.95. The van der Waals surface area contributed by atoms with Crippen LogP contribution in [0.5, 0.6) is 11.5 Å². The molecule has 0 saturated carbocycles. The van der Waals surface area contributed by atoms with Crippen molar-refractivity contribution in [2.45, 2.75) is 45.3 Å². The highest BCUT2D eigenvalue weighted by Gasteiger charge is 2.37. The Morgan fingerprint density at radius 3 is 2.63 bits per heavy atom. The molecule has 0 fully saturated rings. The molecule has 0 saturated heterocycles. The molecule has 0 radical (unpaired) electrons. The summed E-state index contributed by atoms with van der Waals surface area (Å²) >= 11 is 0. The van der Waals surface area contributed by atoms with Crippen molar-refractivity contribution in [3.05, 3.63) is 70.9 Å². The fourth-order valence-corrected chi connectivity index (χ4v) is 4.18. The number of ether oxygens (including phenoxy) is 3. The molecule has 35 heavy (non-hydrogen) atoms. The molecule has 2 heterocycles. The van der Waals surface area contributed by atoms with Gasteiger partial charge in [-0.25, -0.2) is 9.59 Å². The molecule has 2 N–H and O–H groups in total. The molecule has 1 unspecified atom stereocenters. The second-order valence-electron chi connectivity index (χ2n) is 8.41. The van der Waals surface area contributed by atoms with Crippen LogP contribution < -0.4 is 14.8 Å². The summed E-state index contributed by atoms with van der Waals surface area (Å²) in [5.74, 6) is -0.211. The first-order valence-electron chi connectivity index (χ1n) is 11.5. The Hall–Kier alpha value is -4.01. The van der Waals surface area contributed by atoms with Crippen molar-refractivity contribution < 1.29 is 33.7 Å². The van der Waals surface area contributed by atoms with Crippen molar-refractivity contribution >= 4 is 18.0 Å². The fraction of sp³-hybridized carbons (Fsp3) is 0.346. The van der Waals surface area contributed by atoms with Gasteiger partial charge < -0.3 is 24.6 Å². The Balaban J connectivity index is 1.57. The number of nitrogens with one attached hydrogen (secondary N) is 1. The highest BCUT2D eigenvalue weighted by Crippen LogP contribution is 2.38. The molecule has 184 valence electrons. The van der Waals surface area contributed by atoms with Gasteiger partial charge in [-0.3, -0.25) is 9.69 Å². The molecule has 0 spiro atoms. The number of fused-ring (bicyclic) bond motifs is 1. The summed E-state index contributed by atoms with van der Waals surface area (Å²) < 4.78 is 16.5. The highest BCUT2D eigenvalue weighted by atomic mass is 16.7. The number of amides is 2. The number of benzene rings is 2. The zero-order chi connectivity index (χ0) is 24.8. The van der Waals surface area contributed by atoms with E-state index in [1.165, 1.54) is 4.90 Å². The number of hydrogen-bond acceptors (Lipinski definition) is 6. The number of carboxylic acids is 1. The summed E-state index contributed by atoms with van der Waals surface area (Å²) in [6.07, 6.45) is 1.88. The number of unbranched alkanes of at least 4 members (excludes halogenated alkanes) is 2. The van der Waals surface area contributed by atoms with Crippen molar-refractivity contribution in [2.24, 2.45) is 0 Å². The maximum atomic E-state index is 13.3. The number of urea groups is 1. The summed E-state index contributed by atoms with van der Waals surface area (Å²) in [6.45, 7) is 2.31. The van der Waals surface area contributed by atoms with E-state index in [-0.39, 0.29) is 25.9 Å². The van der Waals surface area contributed by atoms with Crippen LogP contribution in [-0.2, 0) is 20.9 Å². The number of aliphatic carboxylic acids is 1. The van der Waals surface area contributed by atoms with Crippen LogP contribution in [0.25, 0.3) is 0 Å². The van der Waals surface area contributed by atoms with Crippen molar-refractivity contribution in [1.29, 1.82) is 0 Å². The first-order chi connectivity index (χ1) is 16.9. The van der Waals surface area contributed by atoms with E-state index in [2.05, 4.69) is 5.32 Å². The summed E-state index contributed by atoms with van der Waals surface area (Å²) in [7, 11) is 0. The van der Waals surface area contributed by atoms with E-state index in [4.69, 9.17) is 19.3 Å². The lowest BCUT2D eigenvalue weighted by Crippen LogP contribution is -2.48. The summed E-state index contributed by atoms with van der Waals surface area (Å²) in [5, 5.41) is 11.8. The largest absolute Gasteiger partial charge is 0.481 e. The lowest BCUT2D eigenvalue weighted by Gasteiger charge is -2.35. The molecule has 4 rings (SSSR count). The minimum atomic E-state index is -0.841. The van der Waals surface area contributed by atoms with Crippen LogP contribution in [0.1, 0.15) is 49.8 Å². The van der Waals surface area contributed by atoms with Gasteiger partial charge in [-0.15, -0.1) is 0 Å². The molecular formula is C26H28N2O7. The van der Waals surface area contributed by atoms with Crippen molar-refractivity contribution in [2.75, 3.05) is 13.3 Å². The molecule has 2 amide bonds. The Morgan fingerprint density at radius 1 is 1.09 bits per heavy atom. The monoisotopic (exact) mass is 480 g/mol. The molecule has 0 aliphatic carbocycles. The van der Waals surface area contributed by atoms with E-state index in [1.54, 1.807) is 25.1 Å². The van der Waals surface area contributed by atoms with Gasteiger partial charge in [-0.1, -0.05) is 42.8 Å². The quantitative estimate of drug-likeness (QED) is 0.388. The van der Waals surface area contributed by atoms with Gasteiger partial charge in [0.25, 0.3) is 0 Å². The van der Waals surface area contributed by atoms with Crippen LogP contribution in [0.3, 0.4) is 0 Å². The Bertz CT molecular complexity index is 1130. The van der Waals surface area contributed by atoms with Crippen LogP contribution in [0, 0.1) is 0 Å². The molecule has 9 nitrogen and oxygen atoms in total. The smallest absolute Gasteiger partial charge is 0.338 e. The van der Waals surface area contributed by atoms with Crippen LogP contribution in [-0.4, -0.2) is 41.3 Å². The normalized spacial score (nSPS) is 16.8. The SMILES string of the molecule is CC1=C(C(=O)OCc2ccccc2)C(c2ccc3c(c2)OCO3)NC(=O)N1CCCCCC(=O)O. The molecule has 2 aromatic carbocycles. The fourth-order valence-electron chi connectivity index (χ4n) is 4.18. The van der Waals surface area contributed by atoms with Crippen molar-refractivity contribution in [3.63, 3.8) is 0 Å². The summed E-state index contributed by atoms with van der Waals surface area (Å²) in [5.41, 5.74) is 2.38. The number of allylic oxidation sites excluding steroid dienone is 1. The maximum Gasteiger partial charge on any atom is 0.338 e. The number of nitrogens with zero attached hydrogens (tertiary/aromatic N) is 1. The van der Waals surface area contributed by atoms with E-state index >= 15 is 0 Å². The van der Waals surface area contributed by atoms with Crippen LogP contribution in [0.2, 0.25) is 0 Å². The third-order valence-electron chi connectivity index (χ3n) is 6.03. The van der Waals surface area contributed by atoms with E-state index in [1.807, 2.05) is 30.3 Å². The minimum absolute atomic E-state index is 0.0876. The predicted octanol–water partition coefficient (Wildman–Crippen LogP) is 4.14. The van der Waals surface area contributed by atoms with Crippen LogP contribution >= 0.6 is 0 Å². The lowest BCUT2D eigenvalue weighted by molar-refractivity contribution is -0.141. The average molecular weight is 481 g/mol. The average Bonchev–Trinajstić information content (AvgIpc) is 3.32. The van der Waals surface area contributed by atoms with Gasteiger partial charge in [-0.2, -0.15) is 0 Å². The number of carbonyl (C=O) groups is 3. The van der Waals surface area contributed by atoms with Gasteiger partial charge in [0.15, 0.2) is 11.5 Å². The van der Waals surface area contributed by atoms with Gasteiger partial charge >= 0.3 is 18.0 Å². The number of esters is 1. The third-order valence-corrected chi connectivity index (χ3v) is 6.03. The van der Waals surface area contributed by atoms with Crippen molar-refractivity contribution in [3.8, 4) is 11.5 Å². The zero-order valence-electron chi connectivity index (χ0n) is 19.5. The number of carbonyl (C=O) groups excluding carboxylic acids is 2. The molecule has 9 heteroatoms. The first kappa shape index (κ1) is 24.1. The molecular weight excluding hydrogens is 452 g/mol. The lowest BCUT2D eigenvalue weighted by atomic mass is 9.94. The number of carboxylic acid groups (broad SMARTS) is 1. The molecule has 2 aromatic rings. The van der Waals surface area contributed by atoms with Crippen molar-refractivity contribution in [1.82, 2.24) is 10.2 Å².